The highest BCUT2D eigenvalue weighted by atomic mass is 15.3. The van der Waals surface area contributed by atoms with Crippen molar-refractivity contribution in [2.24, 2.45) is 5.92 Å². The van der Waals surface area contributed by atoms with E-state index >= 15 is 0 Å². The molecule has 0 radical (unpaired) electrons. The van der Waals surface area contributed by atoms with Crippen molar-refractivity contribution in [3.63, 3.8) is 0 Å². The van der Waals surface area contributed by atoms with E-state index in [4.69, 9.17) is 0 Å². The van der Waals surface area contributed by atoms with Crippen LogP contribution in [0.4, 0.5) is 0 Å². The number of nitrogens with zero attached hydrogens (tertiary/aromatic N) is 2. The van der Waals surface area contributed by atoms with Crippen LogP contribution in [0.3, 0.4) is 0 Å². The maximum absolute atomic E-state index is 4.17. The molecule has 0 spiro atoms. The highest BCUT2D eigenvalue weighted by Crippen LogP contribution is 2.01. The molecule has 2 nitrogen and oxygen atoms in total. The largest absolute Gasteiger partial charge is 0.270 e. The van der Waals surface area contributed by atoms with Gasteiger partial charge in [0.15, 0.2) is 0 Å². The SMILES string of the molecule is Cc1ccnn1CC(C)C. The summed E-state index contributed by atoms with van der Waals surface area (Å²) in [4.78, 5) is 0. The van der Waals surface area contributed by atoms with Crippen molar-refractivity contribution in [2.75, 3.05) is 0 Å². The van der Waals surface area contributed by atoms with Crippen LogP contribution in [0.15, 0.2) is 12.3 Å². The fourth-order valence-corrected chi connectivity index (χ4v) is 0.936. The molecule has 2 heteroatoms. The minimum absolute atomic E-state index is 0.679. The number of aromatic nitrogens is 2. The third-order valence-corrected chi connectivity index (χ3v) is 1.47. The van der Waals surface area contributed by atoms with Gasteiger partial charge in [-0.2, -0.15) is 5.10 Å². The van der Waals surface area contributed by atoms with Gasteiger partial charge in [0.25, 0.3) is 0 Å². The Morgan fingerprint density at radius 3 is 2.70 bits per heavy atom. The summed E-state index contributed by atoms with van der Waals surface area (Å²) in [6, 6.07) is 2.03. The molecule has 0 atom stereocenters. The molecule has 0 aliphatic carbocycles. The average molecular weight is 138 g/mol. The lowest BCUT2D eigenvalue weighted by Crippen LogP contribution is -2.07. The summed E-state index contributed by atoms with van der Waals surface area (Å²) in [5.41, 5.74) is 1.24. The third-order valence-electron chi connectivity index (χ3n) is 1.47. The van der Waals surface area contributed by atoms with Gasteiger partial charge in [-0.1, -0.05) is 13.8 Å². The van der Waals surface area contributed by atoms with Gasteiger partial charge >= 0.3 is 0 Å². The smallest absolute Gasteiger partial charge is 0.0492 e. The summed E-state index contributed by atoms with van der Waals surface area (Å²) in [5, 5.41) is 4.17. The summed E-state index contributed by atoms with van der Waals surface area (Å²) in [6.07, 6.45) is 1.84. The van der Waals surface area contributed by atoms with Crippen LogP contribution in [0.2, 0.25) is 0 Å². The molecule has 10 heavy (non-hydrogen) atoms. The van der Waals surface area contributed by atoms with Gasteiger partial charge in [-0.05, 0) is 18.9 Å². The van der Waals surface area contributed by atoms with E-state index in [9.17, 15) is 0 Å². The molecule has 0 saturated heterocycles. The molecular weight excluding hydrogens is 124 g/mol. The summed E-state index contributed by atoms with van der Waals surface area (Å²) < 4.78 is 2.03. The van der Waals surface area contributed by atoms with E-state index in [0.717, 1.165) is 6.54 Å². The Hall–Kier alpha value is -0.790. The van der Waals surface area contributed by atoms with E-state index in [1.807, 2.05) is 16.9 Å². The van der Waals surface area contributed by atoms with Crippen LogP contribution in [0, 0.1) is 12.8 Å². The predicted octanol–water partition coefficient (Wildman–Crippen LogP) is 1.85. The molecule has 0 amide bonds. The molecule has 0 aromatic carbocycles. The van der Waals surface area contributed by atoms with E-state index in [0.29, 0.717) is 5.92 Å². The van der Waals surface area contributed by atoms with E-state index in [2.05, 4.69) is 25.9 Å². The van der Waals surface area contributed by atoms with Crippen LogP contribution in [-0.2, 0) is 6.54 Å². The Bertz CT molecular complexity index is 201. The molecule has 0 saturated carbocycles. The van der Waals surface area contributed by atoms with Gasteiger partial charge in [-0.25, -0.2) is 0 Å². The number of rotatable bonds is 2. The summed E-state index contributed by atoms with van der Waals surface area (Å²) >= 11 is 0. The van der Waals surface area contributed by atoms with Crippen LogP contribution >= 0.6 is 0 Å². The number of aryl methyl sites for hydroxylation is 1. The topological polar surface area (TPSA) is 17.8 Å². The Morgan fingerprint density at radius 2 is 2.30 bits per heavy atom. The molecule has 0 fully saturated rings. The zero-order valence-corrected chi connectivity index (χ0v) is 6.83. The van der Waals surface area contributed by atoms with Gasteiger partial charge in [-0.3, -0.25) is 4.68 Å². The Kier molecular flexibility index (Phi) is 2.10. The van der Waals surface area contributed by atoms with Gasteiger partial charge in [-0.15, -0.1) is 0 Å². The average Bonchev–Trinajstić information content (AvgIpc) is 2.15. The Morgan fingerprint density at radius 1 is 1.60 bits per heavy atom. The second-order valence-corrected chi connectivity index (χ2v) is 3.05. The molecule has 1 aromatic heterocycles. The monoisotopic (exact) mass is 138 g/mol. The molecule has 0 aliphatic rings. The lowest BCUT2D eigenvalue weighted by atomic mass is 10.2. The lowest BCUT2D eigenvalue weighted by Gasteiger charge is -2.05. The van der Waals surface area contributed by atoms with Gasteiger partial charge in [0.1, 0.15) is 0 Å². The molecule has 1 rings (SSSR count). The maximum Gasteiger partial charge on any atom is 0.0492 e. The van der Waals surface area contributed by atoms with E-state index in [-0.39, 0.29) is 0 Å². The Labute approximate surface area is 61.9 Å². The maximum atomic E-state index is 4.17. The van der Waals surface area contributed by atoms with Gasteiger partial charge in [0.05, 0.1) is 0 Å². The summed E-state index contributed by atoms with van der Waals surface area (Å²) in [7, 11) is 0. The summed E-state index contributed by atoms with van der Waals surface area (Å²) in [5.74, 6) is 0.679. The van der Waals surface area contributed by atoms with E-state index < -0.39 is 0 Å². The highest BCUT2D eigenvalue weighted by molar-refractivity contribution is 4.96. The molecular formula is C8H14N2. The van der Waals surface area contributed by atoms with Crippen LogP contribution < -0.4 is 0 Å². The summed E-state index contributed by atoms with van der Waals surface area (Å²) in [6.45, 7) is 7.50. The van der Waals surface area contributed by atoms with Crippen LogP contribution in [0.5, 0.6) is 0 Å². The first-order valence-corrected chi connectivity index (χ1v) is 3.68. The number of hydrogen-bond acceptors (Lipinski definition) is 1. The molecule has 56 valence electrons. The highest BCUT2D eigenvalue weighted by Gasteiger charge is 1.98. The third kappa shape index (κ3) is 1.59. The second-order valence-electron chi connectivity index (χ2n) is 3.05. The van der Waals surface area contributed by atoms with E-state index in [1.54, 1.807) is 0 Å². The second kappa shape index (κ2) is 2.86. The van der Waals surface area contributed by atoms with Crippen molar-refractivity contribution in [1.29, 1.82) is 0 Å². The molecule has 1 aromatic rings. The molecule has 0 N–H and O–H groups in total. The minimum atomic E-state index is 0.679. The quantitative estimate of drug-likeness (QED) is 0.609. The zero-order chi connectivity index (χ0) is 7.56. The van der Waals surface area contributed by atoms with Crippen molar-refractivity contribution < 1.29 is 0 Å². The standard InChI is InChI=1S/C8H14N2/c1-7(2)6-10-8(3)4-5-9-10/h4-5,7H,6H2,1-3H3. The van der Waals surface area contributed by atoms with Crippen LogP contribution in [0.1, 0.15) is 19.5 Å². The minimum Gasteiger partial charge on any atom is -0.270 e. The first-order valence-electron chi connectivity index (χ1n) is 3.68. The van der Waals surface area contributed by atoms with Crippen LogP contribution in [-0.4, -0.2) is 9.78 Å². The van der Waals surface area contributed by atoms with Crippen molar-refractivity contribution >= 4 is 0 Å². The first-order chi connectivity index (χ1) is 4.70. The van der Waals surface area contributed by atoms with Crippen molar-refractivity contribution in [3.8, 4) is 0 Å². The van der Waals surface area contributed by atoms with E-state index in [1.165, 1.54) is 5.69 Å². The lowest BCUT2D eigenvalue weighted by molar-refractivity contribution is 0.475. The van der Waals surface area contributed by atoms with Crippen LogP contribution in [0.25, 0.3) is 0 Å². The fraction of sp³-hybridized carbons (Fsp3) is 0.625. The van der Waals surface area contributed by atoms with Gasteiger partial charge in [0, 0.05) is 18.4 Å². The first kappa shape index (κ1) is 7.32. The zero-order valence-electron chi connectivity index (χ0n) is 6.83. The van der Waals surface area contributed by atoms with Crippen molar-refractivity contribution in [1.82, 2.24) is 9.78 Å². The molecule has 0 aliphatic heterocycles. The predicted molar refractivity (Wildman–Crippen MR) is 41.8 cm³/mol. The normalized spacial score (nSPS) is 10.8. The number of hydrogen-bond donors (Lipinski definition) is 0. The molecule has 1 heterocycles. The Balaban J connectivity index is 2.65. The van der Waals surface area contributed by atoms with Crippen molar-refractivity contribution in [2.45, 2.75) is 27.3 Å². The van der Waals surface area contributed by atoms with Gasteiger partial charge < -0.3 is 0 Å². The van der Waals surface area contributed by atoms with Crippen molar-refractivity contribution in [3.05, 3.63) is 18.0 Å². The molecule has 0 bridgehead atoms. The van der Waals surface area contributed by atoms with Gasteiger partial charge in [0.2, 0.25) is 0 Å². The molecule has 0 unspecified atom stereocenters. The fourth-order valence-electron chi connectivity index (χ4n) is 0.936.